The van der Waals surface area contributed by atoms with Crippen molar-refractivity contribution in [1.29, 1.82) is 0 Å². The molecule has 2 fully saturated rings. The summed E-state index contributed by atoms with van der Waals surface area (Å²) in [6, 6.07) is 24.1. The van der Waals surface area contributed by atoms with Gasteiger partial charge in [0.1, 0.15) is 0 Å². The molecule has 54 heavy (non-hydrogen) atoms. The Morgan fingerprint density at radius 1 is 0.463 bits per heavy atom. The molecule has 0 aromatic heterocycles. The number of allylic oxidation sites excluding steroid dienone is 4. The molecular weight excluding hydrogens is 771 g/mol. The first kappa shape index (κ1) is 47.3. The van der Waals surface area contributed by atoms with Gasteiger partial charge < -0.3 is 37.2 Å². The molecule has 0 radical (unpaired) electrons. The second kappa shape index (κ2) is 19.1. The normalized spacial score (nSPS) is 23.5. The van der Waals surface area contributed by atoms with E-state index in [4.69, 9.17) is 0 Å². The van der Waals surface area contributed by atoms with E-state index in [9.17, 15) is 0 Å². The van der Waals surface area contributed by atoms with Gasteiger partial charge in [-0.25, -0.2) is 0 Å². The Balaban J connectivity index is 0.00000261. The SMILES string of the molecule is CC(C)c1cc(C(C)C)cc([Si](c2cc(C(C)C)cc(C(C)C)c2)(c2cc(C(C)C)cc(C(C)C)c2)C2C3C=CC=CC3C3CCC[CH]([Ti+3])C32)c1.[Cl-].[Cl-].[Cl-]. The van der Waals surface area contributed by atoms with Crippen LogP contribution < -0.4 is 52.8 Å². The minimum atomic E-state index is -2.80. The van der Waals surface area contributed by atoms with Crippen molar-refractivity contribution in [2.24, 2.45) is 23.7 Å². The Bertz CT molecular complexity index is 1540. The molecule has 6 unspecified atom stereocenters. The fourth-order valence-electron chi connectivity index (χ4n) is 10.3. The zero-order valence-corrected chi connectivity index (χ0v) is 40.0. The fourth-order valence-corrected chi connectivity index (χ4v) is 18.1. The maximum atomic E-state index is 2.75. The average Bonchev–Trinajstić information content (AvgIpc) is 3.44. The second-order valence-corrected chi connectivity index (χ2v) is 23.8. The molecule has 6 atom stereocenters. The van der Waals surface area contributed by atoms with Crippen LogP contribution in [0.15, 0.2) is 78.9 Å². The quantitative estimate of drug-likeness (QED) is 0.217. The predicted octanol–water partition coefficient (Wildman–Crippen LogP) is 3.40. The van der Waals surface area contributed by atoms with Gasteiger partial charge in [-0.2, -0.15) is 0 Å². The Morgan fingerprint density at radius 2 is 0.778 bits per heavy atom. The van der Waals surface area contributed by atoms with Crippen LogP contribution in [0.25, 0.3) is 0 Å². The van der Waals surface area contributed by atoms with Crippen molar-refractivity contribution in [3.05, 3.63) is 112 Å². The third-order valence-corrected chi connectivity index (χ3v) is 19.8. The number of hydrogen-bond donors (Lipinski definition) is 0. The molecule has 2 saturated carbocycles. The Morgan fingerprint density at radius 3 is 1.09 bits per heavy atom. The van der Waals surface area contributed by atoms with Crippen molar-refractivity contribution in [3.8, 4) is 0 Å². The van der Waals surface area contributed by atoms with Gasteiger partial charge in [0.05, 0.1) is 0 Å². The summed E-state index contributed by atoms with van der Waals surface area (Å²) >= 11 is 2.64. The molecule has 3 aromatic rings. The molecule has 0 bridgehead atoms. The van der Waals surface area contributed by atoms with E-state index >= 15 is 0 Å². The molecule has 0 nitrogen and oxygen atoms in total. The zero-order valence-electron chi connectivity index (χ0n) is 35.2. The first-order chi connectivity index (χ1) is 24.1. The van der Waals surface area contributed by atoms with Gasteiger partial charge >= 0.3 is 328 Å². The molecule has 0 N–H and O–H groups in total. The summed E-state index contributed by atoms with van der Waals surface area (Å²) in [6.07, 6.45) is 14.3. The van der Waals surface area contributed by atoms with Crippen LogP contribution in [0.2, 0.25) is 9.76 Å². The number of benzene rings is 3. The summed E-state index contributed by atoms with van der Waals surface area (Å²) < 4.78 is 0.724. The van der Waals surface area contributed by atoms with Gasteiger partial charge in [0.2, 0.25) is 0 Å². The van der Waals surface area contributed by atoms with E-state index in [-0.39, 0.29) is 37.2 Å². The monoisotopic (exact) mass is 836 g/mol. The standard InChI is InChI=1S/C49H67Si.3ClH.Ti/c1-30(2)36-21-37(31(3)4)25-42(24-36)50(43-26-38(32(5)6)22-39(27-43)33(7)8,44-28-40(34(9)10)23-41(29-44)35(11)12)49-47-19-15-13-17-45(47)46-18-14-16-20-48(46)49;;;;/h13,15,17,19-35,45-49H,14,16,18H2,1-12H3;3*1H;/q;;;;+3/p-3. The maximum Gasteiger partial charge on any atom is -1.00 e. The van der Waals surface area contributed by atoms with E-state index in [1.165, 1.54) is 52.6 Å². The molecule has 0 saturated heterocycles. The maximum absolute atomic E-state index is 2.80. The summed E-state index contributed by atoms with van der Waals surface area (Å²) in [4.78, 5) is 0. The van der Waals surface area contributed by atoms with Gasteiger partial charge in [-0.1, -0.05) is 0 Å². The fraction of sp³-hybridized carbons (Fsp3) is 0.551. The van der Waals surface area contributed by atoms with Crippen LogP contribution in [0, 0.1) is 23.7 Å². The van der Waals surface area contributed by atoms with Gasteiger partial charge in [-0.05, 0) is 0 Å². The third-order valence-electron chi connectivity index (χ3n) is 13.4. The Hall–Kier alpha value is -1.06. The van der Waals surface area contributed by atoms with Crippen molar-refractivity contribution in [2.75, 3.05) is 0 Å². The third kappa shape index (κ3) is 8.83. The van der Waals surface area contributed by atoms with Crippen molar-refractivity contribution in [2.45, 2.75) is 148 Å². The minimum Gasteiger partial charge on any atom is -1.00 e. The van der Waals surface area contributed by atoms with Crippen LogP contribution in [0.4, 0.5) is 0 Å². The molecule has 6 rings (SSSR count). The van der Waals surface area contributed by atoms with E-state index in [1.807, 2.05) is 0 Å². The van der Waals surface area contributed by atoms with Crippen molar-refractivity contribution >= 4 is 23.6 Å². The van der Waals surface area contributed by atoms with Crippen LogP contribution in [-0.4, -0.2) is 8.07 Å². The van der Waals surface area contributed by atoms with E-state index < -0.39 is 8.07 Å². The van der Waals surface area contributed by atoms with Crippen LogP contribution in [0.1, 0.15) is 171 Å². The molecule has 0 amide bonds. The van der Waals surface area contributed by atoms with Crippen molar-refractivity contribution < 1.29 is 57.7 Å². The summed E-state index contributed by atoms with van der Waals surface area (Å²) in [5.41, 5.74) is 9.68. The van der Waals surface area contributed by atoms with Gasteiger partial charge in [0.15, 0.2) is 0 Å². The number of rotatable bonds is 10. The van der Waals surface area contributed by atoms with Crippen LogP contribution >= 0.6 is 0 Å². The molecule has 3 aromatic carbocycles. The number of halogens is 3. The summed E-state index contributed by atoms with van der Waals surface area (Å²) in [5.74, 6) is 5.51. The molecule has 0 spiro atoms. The zero-order chi connectivity index (χ0) is 36.9. The topological polar surface area (TPSA) is 0 Å². The number of fused-ring (bicyclic) bond motifs is 3. The Kier molecular flexibility index (Phi) is 16.8. The van der Waals surface area contributed by atoms with E-state index in [2.05, 4.69) is 182 Å². The van der Waals surface area contributed by atoms with Gasteiger partial charge in [-0.3, -0.25) is 0 Å². The Labute approximate surface area is 362 Å². The summed E-state index contributed by atoms with van der Waals surface area (Å²) in [5, 5.41) is 5.02. The molecule has 3 aliphatic carbocycles. The minimum absolute atomic E-state index is 0. The van der Waals surface area contributed by atoms with Crippen molar-refractivity contribution in [3.63, 3.8) is 0 Å². The smallest absolute Gasteiger partial charge is 1.00 e. The van der Waals surface area contributed by atoms with E-state index in [1.54, 1.807) is 15.6 Å². The van der Waals surface area contributed by atoms with Crippen LogP contribution in [0.3, 0.4) is 0 Å². The summed E-state index contributed by atoms with van der Waals surface area (Å²) in [7, 11) is -2.80. The molecular formula is C49H67Cl3SiTi. The predicted molar refractivity (Wildman–Crippen MR) is 222 cm³/mol. The van der Waals surface area contributed by atoms with Gasteiger partial charge in [0.25, 0.3) is 0 Å². The summed E-state index contributed by atoms with van der Waals surface area (Å²) in [6.45, 7) is 29.0. The molecule has 0 heterocycles. The van der Waals surface area contributed by atoms with Gasteiger partial charge in [-0.15, -0.1) is 0 Å². The molecule has 292 valence electrons. The van der Waals surface area contributed by atoms with Crippen LogP contribution in [-0.2, 0) is 20.4 Å². The molecule has 0 aliphatic heterocycles. The average molecular weight is 838 g/mol. The molecule has 3 aliphatic rings. The first-order valence-electron chi connectivity index (χ1n) is 20.7. The van der Waals surface area contributed by atoms with E-state index in [0.29, 0.717) is 58.8 Å². The van der Waals surface area contributed by atoms with E-state index in [0.717, 1.165) is 10.1 Å². The van der Waals surface area contributed by atoms with Crippen molar-refractivity contribution in [1.82, 2.24) is 0 Å². The van der Waals surface area contributed by atoms with Crippen LogP contribution in [0.5, 0.6) is 0 Å². The largest absolute Gasteiger partial charge is 1.00 e. The number of hydrogen-bond acceptors (Lipinski definition) is 0. The molecule has 5 heteroatoms. The second-order valence-electron chi connectivity index (χ2n) is 18.6. The first-order valence-corrected chi connectivity index (χ1v) is 23.6. The van der Waals surface area contributed by atoms with Gasteiger partial charge in [0, 0.05) is 0 Å².